The Morgan fingerprint density at radius 3 is 2.30 bits per heavy atom. The van der Waals surface area contributed by atoms with Crippen molar-refractivity contribution in [2.24, 2.45) is 52.3 Å². The second-order valence-electron chi connectivity index (χ2n) is 13.7. The average molecular weight is 609 g/mol. The van der Waals surface area contributed by atoms with Gasteiger partial charge in [-0.3, -0.25) is 9.11 Å². The number of hydrogen-bond acceptors (Lipinski definition) is 8. The first-order chi connectivity index (χ1) is 18.5. The molecule has 12 heteroatoms. The maximum atomic E-state index is 11.5. The Morgan fingerprint density at radius 2 is 1.68 bits per heavy atom. The summed E-state index contributed by atoms with van der Waals surface area (Å²) < 4.78 is 74.0. The van der Waals surface area contributed by atoms with Crippen LogP contribution < -0.4 is 0 Å². The highest BCUT2D eigenvalue weighted by Gasteiger charge is 2.62. The molecule has 0 amide bonds. The van der Waals surface area contributed by atoms with E-state index in [9.17, 15) is 36.2 Å². The molecule has 4 aliphatic carbocycles. The molecule has 0 aromatic rings. The van der Waals surface area contributed by atoms with Gasteiger partial charge in [0.25, 0.3) is 0 Å². The Kier molecular flexibility index (Phi) is 9.55. The molecular formula is C28H48O10S2. The number of aliphatic hydroxyl groups is 2. The summed E-state index contributed by atoms with van der Waals surface area (Å²) in [5.41, 5.74) is 0.735. The zero-order valence-corrected chi connectivity index (χ0v) is 25.6. The van der Waals surface area contributed by atoms with E-state index in [2.05, 4.69) is 20.4 Å². The maximum Gasteiger partial charge on any atom is 0.397 e. The highest BCUT2D eigenvalue weighted by atomic mass is 32.3. The van der Waals surface area contributed by atoms with E-state index in [0.29, 0.717) is 43.4 Å². The lowest BCUT2D eigenvalue weighted by Crippen LogP contribution is -2.57. The lowest BCUT2D eigenvalue weighted by molar-refractivity contribution is -0.157. The van der Waals surface area contributed by atoms with Crippen LogP contribution in [0, 0.1) is 52.3 Å². The molecule has 0 saturated heterocycles. The predicted molar refractivity (Wildman–Crippen MR) is 149 cm³/mol. The van der Waals surface area contributed by atoms with E-state index in [1.807, 2.05) is 6.92 Å². The van der Waals surface area contributed by atoms with Crippen molar-refractivity contribution in [3.05, 3.63) is 12.2 Å². The van der Waals surface area contributed by atoms with E-state index in [1.165, 1.54) is 0 Å². The van der Waals surface area contributed by atoms with Crippen molar-refractivity contribution < 1.29 is 44.5 Å². The van der Waals surface area contributed by atoms with E-state index in [0.717, 1.165) is 44.1 Å². The molecule has 0 bridgehead atoms. The Morgan fingerprint density at radius 1 is 1.00 bits per heavy atom. The van der Waals surface area contributed by atoms with E-state index in [4.69, 9.17) is 8.37 Å². The second-order valence-corrected chi connectivity index (χ2v) is 15.8. The van der Waals surface area contributed by atoms with Gasteiger partial charge < -0.3 is 10.2 Å². The standard InChI is InChI=1S/C28H48O10S2/c1-17(18(2)15-29)5-6-19(16-37-39(31,32)33)22-9-10-23-21-8-7-20-13-26(38-40(34,35)36)25(30)14-28(20,4)24(21)11-12-27(22,23)3/h18-26,29-30H,1,5-16H2,2-4H3,(H,31,32,33)(H,34,35,36)/t18-,19+,20+,21?,22-,23?,24?,25+,26+,27-,28+/m1/s1. The Bertz CT molecular complexity index is 1140. The van der Waals surface area contributed by atoms with Gasteiger partial charge in [0, 0.05) is 6.61 Å². The number of fused-ring (bicyclic) bond motifs is 5. The molecule has 40 heavy (non-hydrogen) atoms. The third-order valence-corrected chi connectivity index (χ3v) is 12.7. The summed E-state index contributed by atoms with van der Waals surface area (Å²) in [6.07, 6.45) is 6.05. The molecule has 4 aliphatic rings. The van der Waals surface area contributed by atoms with Crippen LogP contribution in [0.3, 0.4) is 0 Å². The predicted octanol–water partition coefficient (Wildman–Crippen LogP) is 4.20. The summed E-state index contributed by atoms with van der Waals surface area (Å²) >= 11 is 0. The van der Waals surface area contributed by atoms with Crippen molar-refractivity contribution in [2.75, 3.05) is 13.2 Å². The molecule has 0 heterocycles. The van der Waals surface area contributed by atoms with Crippen LogP contribution in [0.4, 0.5) is 0 Å². The smallest absolute Gasteiger partial charge is 0.396 e. The van der Waals surface area contributed by atoms with Crippen molar-refractivity contribution in [2.45, 2.75) is 97.2 Å². The van der Waals surface area contributed by atoms with Gasteiger partial charge in [-0.15, -0.1) is 0 Å². The molecule has 10 nitrogen and oxygen atoms in total. The molecule has 11 atom stereocenters. The molecule has 232 valence electrons. The van der Waals surface area contributed by atoms with Gasteiger partial charge in [-0.05, 0) is 116 Å². The fourth-order valence-electron chi connectivity index (χ4n) is 9.65. The van der Waals surface area contributed by atoms with Crippen LogP contribution in [0.1, 0.15) is 85.0 Å². The lowest BCUT2D eigenvalue weighted by Gasteiger charge is -2.62. The van der Waals surface area contributed by atoms with E-state index in [1.54, 1.807) is 0 Å². The van der Waals surface area contributed by atoms with Crippen molar-refractivity contribution in [3.8, 4) is 0 Å². The summed E-state index contributed by atoms with van der Waals surface area (Å²) in [5, 5.41) is 20.4. The SMILES string of the molecule is C=C(CC[C@@H](COS(=O)(=O)O)[C@H]1CCC2C3CC[C@H]4C[C@H](OS(=O)(=O)O)[C@@H](O)C[C@]4(C)C3CC[C@@]21C)[C@H](C)CO. The van der Waals surface area contributed by atoms with E-state index < -0.39 is 33.0 Å². The van der Waals surface area contributed by atoms with E-state index >= 15 is 0 Å². The van der Waals surface area contributed by atoms with Gasteiger partial charge in [0.2, 0.25) is 0 Å². The zero-order chi connectivity index (χ0) is 29.7. The Balaban J connectivity index is 1.52. The largest absolute Gasteiger partial charge is 0.397 e. The third-order valence-electron chi connectivity index (χ3n) is 11.8. The van der Waals surface area contributed by atoms with Crippen LogP contribution in [0.2, 0.25) is 0 Å². The molecule has 0 spiro atoms. The van der Waals surface area contributed by atoms with Gasteiger partial charge in [-0.1, -0.05) is 32.9 Å². The molecule has 3 unspecified atom stereocenters. The summed E-state index contributed by atoms with van der Waals surface area (Å²) in [6.45, 7) is 10.5. The first kappa shape index (κ1) is 32.3. The molecule has 0 radical (unpaired) electrons. The molecule has 4 fully saturated rings. The molecule has 0 aromatic heterocycles. The van der Waals surface area contributed by atoms with Gasteiger partial charge >= 0.3 is 20.8 Å². The highest BCUT2D eigenvalue weighted by molar-refractivity contribution is 7.81. The average Bonchev–Trinajstić information content (AvgIpc) is 3.19. The Hall–Kier alpha value is -0.600. The quantitative estimate of drug-likeness (QED) is 0.197. The monoisotopic (exact) mass is 608 g/mol. The second kappa shape index (κ2) is 11.8. The van der Waals surface area contributed by atoms with Crippen LogP contribution in [0.15, 0.2) is 12.2 Å². The van der Waals surface area contributed by atoms with Crippen molar-refractivity contribution in [3.63, 3.8) is 0 Å². The third kappa shape index (κ3) is 6.64. The molecule has 4 rings (SSSR count). The zero-order valence-electron chi connectivity index (χ0n) is 23.9. The highest BCUT2D eigenvalue weighted by Crippen LogP contribution is 2.68. The van der Waals surface area contributed by atoms with Crippen LogP contribution in [0.25, 0.3) is 0 Å². The summed E-state index contributed by atoms with van der Waals surface area (Å²) in [6, 6.07) is 0. The number of rotatable bonds is 11. The molecule has 0 aliphatic heterocycles. The van der Waals surface area contributed by atoms with Crippen LogP contribution in [0.5, 0.6) is 0 Å². The minimum atomic E-state index is -4.64. The topological polar surface area (TPSA) is 168 Å². The van der Waals surface area contributed by atoms with Crippen LogP contribution in [-0.4, -0.2) is 61.6 Å². The minimum absolute atomic E-state index is 0.00838. The van der Waals surface area contributed by atoms with Crippen molar-refractivity contribution >= 4 is 20.8 Å². The van der Waals surface area contributed by atoms with Crippen LogP contribution in [-0.2, 0) is 29.2 Å². The van der Waals surface area contributed by atoms with Crippen molar-refractivity contribution in [1.29, 1.82) is 0 Å². The minimum Gasteiger partial charge on any atom is -0.396 e. The summed E-state index contributed by atoms with van der Waals surface area (Å²) in [5.74, 6) is 1.54. The normalized spacial score (nSPS) is 41.4. The first-order valence-corrected chi connectivity index (χ1v) is 17.5. The number of aliphatic hydroxyl groups excluding tert-OH is 2. The van der Waals surface area contributed by atoms with Crippen molar-refractivity contribution in [1.82, 2.24) is 0 Å². The van der Waals surface area contributed by atoms with E-state index in [-0.39, 0.29) is 47.7 Å². The van der Waals surface area contributed by atoms with Gasteiger partial charge in [0.1, 0.15) is 6.10 Å². The molecule has 0 aromatic carbocycles. The molecule has 4 saturated carbocycles. The first-order valence-electron chi connectivity index (χ1n) is 14.7. The van der Waals surface area contributed by atoms with Gasteiger partial charge in [0.05, 0.1) is 12.7 Å². The Labute approximate surface area is 239 Å². The van der Waals surface area contributed by atoms with Gasteiger partial charge in [-0.25, -0.2) is 8.37 Å². The fraction of sp³-hybridized carbons (Fsp3) is 0.929. The maximum absolute atomic E-state index is 11.5. The summed E-state index contributed by atoms with van der Waals surface area (Å²) in [4.78, 5) is 0. The van der Waals surface area contributed by atoms with Crippen LogP contribution >= 0.6 is 0 Å². The lowest BCUT2D eigenvalue weighted by atomic mass is 9.44. The molecular weight excluding hydrogens is 560 g/mol. The van der Waals surface area contributed by atoms with Gasteiger partial charge in [-0.2, -0.15) is 16.8 Å². The number of hydrogen-bond donors (Lipinski definition) is 4. The fourth-order valence-corrected chi connectivity index (χ4v) is 10.5. The van der Waals surface area contributed by atoms with Gasteiger partial charge in [0.15, 0.2) is 0 Å². The molecule has 4 N–H and O–H groups in total. The summed E-state index contributed by atoms with van der Waals surface area (Å²) in [7, 11) is -9.21.